The number of nitrogen functional groups attached to an aromatic ring is 1. The first-order valence-electron chi connectivity index (χ1n) is 5.97. The third kappa shape index (κ3) is 3.23. The Bertz CT molecular complexity index is 617. The second-order valence-corrected chi connectivity index (χ2v) is 4.18. The lowest BCUT2D eigenvalue weighted by atomic mass is 10.1. The van der Waals surface area contributed by atoms with Gasteiger partial charge in [0, 0.05) is 12.2 Å². The van der Waals surface area contributed by atoms with Crippen LogP contribution >= 0.6 is 0 Å². The normalized spacial score (nSPS) is 9.89. The van der Waals surface area contributed by atoms with Crippen LogP contribution in [0.4, 0.5) is 15.8 Å². The Morgan fingerprint density at radius 1 is 1.21 bits per heavy atom. The van der Waals surface area contributed by atoms with Gasteiger partial charge in [-0.3, -0.25) is 0 Å². The van der Waals surface area contributed by atoms with Crippen molar-refractivity contribution in [2.75, 3.05) is 17.6 Å². The second-order valence-electron chi connectivity index (χ2n) is 4.18. The highest BCUT2D eigenvalue weighted by Crippen LogP contribution is 2.17. The average molecular weight is 255 g/mol. The molecule has 0 radical (unpaired) electrons. The maximum Gasteiger partial charge on any atom is 0.126 e. The molecule has 0 unspecified atom stereocenters. The lowest BCUT2D eigenvalue weighted by molar-refractivity contribution is 0.610. The SMILES string of the molecule is N#Cc1ccc(NCCc2ccccc2F)cc1N. The van der Waals surface area contributed by atoms with Gasteiger partial charge >= 0.3 is 0 Å². The number of halogens is 1. The molecule has 0 bridgehead atoms. The van der Waals surface area contributed by atoms with E-state index < -0.39 is 0 Å². The van der Waals surface area contributed by atoms with Crippen LogP contribution in [0.2, 0.25) is 0 Å². The Kier molecular flexibility index (Phi) is 3.99. The van der Waals surface area contributed by atoms with Crippen molar-refractivity contribution in [2.45, 2.75) is 6.42 Å². The topological polar surface area (TPSA) is 61.8 Å². The lowest BCUT2D eigenvalue weighted by Crippen LogP contribution is -2.06. The lowest BCUT2D eigenvalue weighted by Gasteiger charge is -2.08. The van der Waals surface area contributed by atoms with Crippen molar-refractivity contribution in [3.05, 3.63) is 59.4 Å². The zero-order chi connectivity index (χ0) is 13.7. The third-order valence-corrected chi connectivity index (χ3v) is 2.85. The van der Waals surface area contributed by atoms with Crippen LogP contribution in [0.15, 0.2) is 42.5 Å². The molecule has 0 aliphatic heterocycles. The number of hydrogen-bond acceptors (Lipinski definition) is 3. The molecule has 0 atom stereocenters. The van der Waals surface area contributed by atoms with Crippen LogP contribution in [0, 0.1) is 17.1 Å². The molecule has 2 rings (SSSR count). The summed E-state index contributed by atoms with van der Waals surface area (Å²) in [5.74, 6) is -0.191. The van der Waals surface area contributed by atoms with Gasteiger partial charge in [0.2, 0.25) is 0 Å². The first-order valence-corrected chi connectivity index (χ1v) is 5.97. The van der Waals surface area contributed by atoms with Crippen LogP contribution < -0.4 is 11.1 Å². The van der Waals surface area contributed by atoms with Gasteiger partial charge in [0.25, 0.3) is 0 Å². The minimum Gasteiger partial charge on any atom is -0.398 e. The fraction of sp³-hybridized carbons (Fsp3) is 0.133. The van der Waals surface area contributed by atoms with E-state index in [2.05, 4.69) is 5.32 Å². The molecule has 96 valence electrons. The van der Waals surface area contributed by atoms with E-state index in [0.29, 0.717) is 29.8 Å². The van der Waals surface area contributed by atoms with Crippen LogP contribution in [0.1, 0.15) is 11.1 Å². The number of nitrogens with two attached hydrogens (primary N) is 1. The van der Waals surface area contributed by atoms with Crippen molar-refractivity contribution in [3.8, 4) is 6.07 Å². The number of rotatable bonds is 4. The van der Waals surface area contributed by atoms with E-state index in [1.54, 1.807) is 30.3 Å². The maximum atomic E-state index is 13.4. The maximum absolute atomic E-state index is 13.4. The molecule has 0 spiro atoms. The van der Waals surface area contributed by atoms with Crippen molar-refractivity contribution in [1.29, 1.82) is 5.26 Å². The minimum absolute atomic E-state index is 0.191. The largest absolute Gasteiger partial charge is 0.398 e. The van der Waals surface area contributed by atoms with Gasteiger partial charge in [0.15, 0.2) is 0 Å². The van der Waals surface area contributed by atoms with Crippen LogP contribution in [0.25, 0.3) is 0 Å². The molecule has 19 heavy (non-hydrogen) atoms. The summed E-state index contributed by atoms with van der Waals surface area (Å²) in [5, 5.41) is 11.9. The fourth-order valence-electron chi connectivity index (χ4n) is 1.82. The molecule has 2 aromatic carbocycles. The molecule has 0 saturated heterocycles. The molecular weight excluding hydrogens is 241 g/mol. The Hall–Kier alpha value is -2.54. The molecule has 4 heteroatoms. The van der Waals surface area contributed by atoms with Gasteiger partial charge in [-0.25, -0.2) is 4.39 Å². The van der Waals surface area contributed by atoms with Gasteiger partial charge in [-0.1, -0.05) is 18.2 Å². The number of nitrogens with zero attached hydrogens (tertiary/aromatic N) is 1. The smallest absolute Gasteiger partial charge is 0.126 e. The van der Waals surface area contributed by atoms with E-state index in [4.69, 9.17) is 11.0 Å². The van der Waals surface area contributed by atoms with E-state index >= 15 is 0 Å². The standard InChI is InChI=1S/C15H14FN3/c16-14-4-2-1-3-11(14)7-8-19-13-6-5-12(10-17)15(18)9-13/h1-6,9,19H,7-8,18H2. The minimum atomic E-state index is -0.191. The monoisotopic (exact) mass is 255 g/mol. The first kappa shape index (κ1) is 12.9. The predicted molar refractivity (Wildman–Crippen MR) is 74.2 cm³/mol. The van der Waals surface area contributed by atoms with Crippen LogP contribution in [0.5, 0.6) is 0 Å². The number of nitriles is 1. The van der Waals surface area contributed by atoms with Gasteiger partial charge in [-0.05, 0) is 36.2 Å². The second kappa shape index (κ2) is 5.87. The van der Waals surface area contributed by atoms with E-state index in [0.717, 1.165) is 5.69 Å². The highest BCUT2D eigenvalue weighted by atomic mass is 19.1. The molecule has 2 aromatic rings. The van der Waals surface area contributed by atoms with Gasteiger partial charge in [0.1, 0.15) is 11.9 Å². The highest BCUT2D eigenvalue weighted by molar-refractivity contribution is 5.62. The fourth-order valence-corrected chi connectivity index (χ4v) is 1.82. The summed E-state index contributed by atoms with van der Waals surface area (Å²) in [5.41, 5.74) is 8.12. The summed E-state index contributed by atoms with van der Waals surface area (Å²) in [4.78, 5) is 0. The summed E-state index contributed by atoms with van der Waals surface area (Å²) < 4.78 is 13.4. The van der Waals surface area contributed by atoms with Gasteiger partial charge in [0.05, 0.1) is 11.3 Å². The van der Waals surface area contributed by atoms with Gasteiger partial charge < -0.3 is 11.1 Å². The molecule has 0 heterocycles. The van der Waals surface area contributed by atoms with Gasteiger partial charge in [-0.15, -0.1) is 0 Å². The number of benzene rings is 2. The van der Waals surface area contributed by atoms with Crippen LogP contribution in [-0.2, 0) is 6.42 Å². The molecule has 0 saturated carbocycles. The molecule has 0 aliphatic carbocycles. The van der Waals surface area contributed by atoms with Crippen LogP contribution in [0.3, 0.4) is 0 Å². The molecule has 3 N–H and O–H groups in total. The molecule has 0 aliphatic rings. The van der Waals surface area contributed by atoms with E-state index in [-0.39, 0.29) is 5.82 Å². The Morgan fingerprint density at radius 3 is 2.68 bits per heavy atom. The molecule has 3 nitrogen and oxygen atoms in total. The van der Waals surface area contributed by atoms with E-state index in [9.17, 15) is 4.39 Å². The summed E-state index contributed by atoms with van der Waals surface area (Å²) in [7, 11) is 0. The summed E-state index contributed by atoms with van der Waals surface area (Å²) in [6.45, 7) is 0.603. The van der Waals surface area contributed by atoms with E-state index in [1.807, 2.05) is 12.1 Å². The van der Waals surface area contributed by atoms with Crippen molar-refractivity contribution >= 4 is 11.4 Å². The predicted octanol–water partition coefficient (Wildman–Crippen LogP) is 2.93. The number of nitrogens with one attached hydrogen (secondary N) is 1. The zero-order valence-corrected chi connectivity index (χ0v) is 10.4. The molecule has 0 amide bonds. The summed E-state index contributed by atoms with van der Waals surface area (Å²) in [6, 6.07) is 13.9. The van der Waals surface area contributed by atoms with Crippen molar-refractivity contribution < 1.29 is 4.39 Å². The first-order chi connectivity index (χ1) is 9.20. The summed E-state index contributed by atoms with van der Waals surface area (Å²) in [6.07, 6.45) is 0.590. The van der Waals surface area contributed by atoms with Crippen molar-refractivity contribution in [1.82, 2.24) is 0 Å². The van der Waals surface area contributed by atoms with E-state index in [1.165, 1.54) is 6.07 Å². The Balaban J connectivity index is 1.95. The number of anilines is 2. The number of hydrogen-bond donors (Lipinski definition) is 2. The Labute approximate surface area is 111 Å². The molecule has 0 fully saturated rings. The molecule has 0 aromatic heterocycles. The highest BCUT2D eigenvalue weighted by Gasteiger charge is 2.02. The quantitative estimate of drug-likeness (QED) is 0.826. The zero-order valence-electron chi connectivity index (χ0n) is 10.4. The molecular formula is C15H14FN3. The summed E-state index contributed by atoms with van der Waals surface area (Å²) >= 11 is 0. The average Bonchev–Trinajstić information content (AvgIpc) is 2.41. The Morgan fingerprint density at radius 2 is 2.00 bits per heavy atom. The van der Waals surface area contributed by atoms with Crippen LogP contribution in [-0.4, -0.2) is 6.54 Å². The van der Waals surface area contributed by atoms with Crippen molar-refractivity contribution in [2.24, 2.45) is 0 Å². The van der Waals surface area contributed by atoms with Gasteiger partial charge in [-0.2, -0.15) is 5.26 Å². The third-order valence-electron chi connectivity index (χ3n) is 2.85. The van der Waals surface area contributed by atoms with Crippen molar-refractivity contribution in [3.63, 3.8) is 0 Å².